The number of anilines is 1. The molecular formula is C13H13ClN2O. The largest absolute Gasteiger partial charge is 0.508 e. The zero-order valence-electron chi connectivity index (χ0n) is 9.44. The Balaban J connectivity index is 2.07. The van der Waals surface area contributed by atoms with Crippen LogP contribution in [-0.2, 0) is 6.54 Å². The van der Waals surface area contributed by atoms with Gasteiger partial charge in [-0.1, -0.05) is 23.7 Å². The van der Waals surface area contributed by atoms with Crippen LogP contribution >= 0.6 is 11.6 Å². The van der Waals surface area contributed by atoms with Crippen LogP contribution in [0.5, 0.6) is 5.75 Å². The fourth-order valence-electron chi connectivity index (χ4n) is 1.49. The molecule has 2 N–H and O–H groups in total. The Kier molecular flexibility index (Phi) is 3.49. The zero-order chi connectivity index (χ0) is 12.3. The zero-order valence-corrected chi connectivity index (χ0v) is 10.2. The van der Waals surface area contributed by atoms with Gasteiger partial charge in [-0.3, -0.25) is 0 Å². The van der Waals surface area contributed by atoms with E-state index in [0.29, 0.717) is 11.7 Å². The molecule has 0 saturated carbocycles. The highest BCUT2D eigenvalue weighted by atomic mass is 35.5. The maximum atomic E-state index is 9.17. The summed E-state index contributed by atoms with van der Waals surface area (Å²) in [6, 6.07) is 8.99. The van der Waals surface area contributed by atoms with Gasteiger partial charge in [0, 0.05) is 12.7 Å². The van der Waals surface area contributed by atoms with Crippen LogP contribution in [0.25, 0.3) is 0 Å². The lowest BCUT2D eigenvalue weighted by Crippen LogP contribution is -2.00. The van der Waals surface area contributed by atoms with Crippen LogP contribution in [0.1, 0.15) is 11.1 Å². The summed E-state index contributed by atoms with van der Waals surface area (Å²) >= 11 is 5.97. The average Bonchev–Trinajstić information content (AvgIpc) is 2.32. The summed E-state index contributed by atoms with van der Waals surface area (Å²) in [6.45, 7) is 2.61. The monoisotopic (exact) mass is 248 g/mol. The Morgan fingerprint density at radius 1 is 1.29 bits per heavy atom. The molecule has 2 rings (SSSR count). The van der Waals surface area contributed by atoms with Gasteiger partial charge in [-0.2, -0.15) is 0 Å². The summed E-state index contributed by atoms with van der Waals surface area (Å²) in [7, 11) is 0. The van der Waals surface area contributed by atoms with Crippen molar-refractivity contribution in [2.24, 2.45) is 0 Å². The van der Waals surface area contributed by atoms with Crippen molar-refractivity contribution in [3.05, 3.63) is 52.8 Å². The first kappa shape index (κ1) is 11.7. The Morgan fingerprint density at radius 3 is 2.71 bits per heavy atom. The number of rotatable bonds is 3. The summed E-state index contributed by atoms with van der Waals surface area (Å²) in [4.78, 5) is 4.07. The molecule has 0 fully saturated rings. The van der Waals surface area contributed by atoms with E-state index in [1.807, 2.05) is 25.1 Å². The van der Waals surface area contributed by atoms with Gasteiger partial charge in [0.2, 0.25) is 0 Å². The lowest BCUT2D eigenvalue weighted by atomic mass is 10.2. The first-order chi connectivity index (χ1) is 8.15. The summed E-state index contributed by atoms with van der Waals surface area (Å²) in [5.74, 6) is 0.268. The molecule has 0 atom stereocenters. The van der Waals surface area contributed by atoms with Gasteiger partial charge in [-0.15, -0.1) is 0 Å². The van der Waals surface area contributed by atoms with Crippen molar-refractivity contribution in [3.63, 3.8) is 0 Å². The van der Waals surface area contributed by atoms with E-state index in [0.717, 1.165) is 16.8 Å². The fourth-order valence-corrected chi connectivity index (χ4v) is 1.66. The normalized spacial score (nSPS) is 10.2. The van der Waals surface area contributed by atoms with Crippen molar-refractivity contribution in [2.45, 2.75) is 13.5 Å². The molecule has 0 bridgehead atoms. The number of aromatic hydroxyl groups is 1. The minimum Gasteiger partial charge on any atom is -0.508 e. The van der Waals surface area contributed by atoms with Crippen molar-refractivity contribution in [1.82, 2.24) is 4.98 Å². The van der Waals surface area contributed by atoms with E-state index in [1.165, 1.54) is 0 Å². The molecule has 0 amide bonds. The molecule has 1 aromatic carbocycles. The van der Waals surface area contributed by atoms with Crippen LogP contribution in [-0.4, -0.2) is 10.1 Å². The lowest BCUT2D eigenvalue weighted by molar-refractivity contribution is 0.475. The van der Waals surface area contributed by atoms with E-state index in [9.17, 15) is 5.11 Å². The van der Waals surface area contributed by atoms with Crippen LogP contribution in [0.2, 0.25) is 5.15 Å². The molecule has 3 nitrogen and oxygen atoms in total. The van der Waals surface area contributed by atoms with Gasteiger partial charge < -0.3 is 10.4 Å². The lowest BCUT2D eigenvalue weighted by Gasteiger charge is -2.08. The predicted octanol–water partition coefficient (Wildman–Crippen LogP) is 3.36. The molecule has 1 heterocycles. The number of pyridine rings is 1. The highest BCUT2D eigenvalue weighted by Crippen LogP contribution is 2.20. The van der Waals surface area contributed by atoms with E-state index in [4.69, 9.17) is 11.6 Å². The third-order valence-electron chi connectivity index (χ3n) is 2.40. The third kappa shape index (κ3) is 3.11. The van der Waals surface area contributed by atoms with Gasteiger partial charge in [-0.05, 0) is 36.2 Å². The highest BCUT2D eigenvalue weighted by molar-refractivity contribution is 6.31. The number of nitrogens with zero attached hydrogens (tertiary/aromatic N) is 1. The van der Waals surface area contributed by atoms with E-state index in [-0.39, 0.29) is 5.75 Å². The van der Waals surface area contributed by atoms with Gasteiger partial charge in [0.15, 0.2) is 5.15 Å². The summed E-state index contributed by atoms with van der Waals surface area (Å²) < 4.78 is 0. The minimum absolute atomic E-state index is 0.268. The third-order valence-corrected chi connectivity index (χ3v) is 2.70. The number of aromatic nitrogens is 1. The van der Waals surface area contributed by atoms with E-state index in [2.05, 4.69) is 10.3 Å². The summed E-state index contributed by atoms with van der Waals surface area (Å²) in [5.41, 5.74) is 2.95. The minimum atomic E-state index is 0.268. The SMILES string of the molecule is Cc1cnc(Cl)c(NCc2ccc(O)cc2)c1. The van der Waals surface area contributed by atoms with Crippen LogP contribution in [0.15, 0.2) is 36.5 Å². The van der Waals surface area contributed by atoms with Crippen LogP contribution in [0.3, 0.4) is 0 Å². The smallest absolute Gasteiger partial charge is 0.152 e. The number of aryl methyl sites for hydroxylation is 1. The van der Waals surface area contributed by atoms with Gasteiger partial charge in [0.1, 0.15) is 5.75 Å². The number of phenols is 1. The Hall–Kier alpha value is -1.74. The number of nitrogens with one attached hydrogen (secondary N) is 1. The molecule has 2 aromatic rings. The van der Waals surface area contributed by atoms with Crippen molar-refractivity contribution in [1.29, 1.82) is 0 Å². The Bertz CT molecular complexity index is 511. The number of benzene rings is 1. The summed E-state index contributed by atoms with van der Waals surface area (Å²) in [6.07, 6.45) is 1.73. The molecule has 0 radical (unpaired) electrons. The van der Waals surface area contributed by atoms with Crippen molar-refractivity contribution < 1.29 is 5.11 Å². The second-order valence-corrected chi connectivity index (χ2v) is 4.23. The van der Waals surface area contributed by atoms with Crippen LogP contribution < -0.4 is 5.32 Å². The first-order valence-electron chi connectivity index (χ1n) is 5.29. The fraction of sp³-hybridized carbons (Fsp3) is 0.154. The Labute approximate surface area is 105 Å². The molecule has 0 unspecified atom stereocenters. The molecule has 0 spiro atoms. The average molecular weight is 249 g/mol. The molecule has 0 aliphatic carbocycles. The Morgan fingerprint density at radius 2 is 2.00 bits per heavy atom. The molecule has 0 aliphatic rings. The second-order valence-electron chi connectivity index (χ2n) is 3.87. The first-order valence-corrected chi connectivity index (χ1v) is 5.67. The van der Waals surface area contributed by atoms with E-state index < -0.39 is 0 Å². The van der Waals surface area contributed by atoms with E-state index in [1.54, 1.807) is 18.3 Å². The number of halogens is 1. The topological polar surface area (TPSA) is 45.2 Å². The summed E-state index contributed by atoms with van der Waals surface area (Å²) in [5, 5.41) is 12.9. The molecule has 0 saturated heterocycles. The molecule has 17 heavy (non-hydrogen) atoms. The molecule has 1 aromatic heterocycles. The molecular weight excluding hydrogens is 236 g/mol. The quantitative estimate of drug-likeness (QED) is 0.819. The number of phenolic OH excluding ortho intramolecular Hbond substituents is 1. The van der Waals surface area contributed by atoms with Crippen LogP contribution in [0.4, 0.5) is 5.69 Å². The van der Waals surface area contributed by atoms with Crippen molar-refractivity contribution in [2.75, 3.05) is 5.32 Å². The molecule has 0 aliphatic heterocycles. The molecule has 88 valence electrons. The van der Waals surface area contributed by atoms with Gasteiger partial charge >= 0.3 is 0 Å². The van der Waals surface area contributed by atoms with Gasteiger partial charge in [0.25, 0.3) is 0 Å². The number of hydrogen-bond acceptors (Lipinski definition) is 3. The molecule has 4 heteroatoms. The van der Waals surface area contributed by atoms with Crippen LogP contribution in [0, 0.1) is 6.92 Å². The van der Waals surface area contributed by atoms with Gasteiger partial charge in [-0.25, -0.2) is 4.98 Å². The van der Waals surface area contributed by atoms with Crippen molar-refractivity contribution in [3.8, 4) is 5.75 Å². The highest BCUT2D eigenvalue weighted by Gasteiger charge is 2.01. The maximum absolute atomic E-state index is 9.17. The van der Waals surface area contributed by atoms with Gasteiger partial charge in [0.05, 0.1) is 5.69 Å². The van der Waals surface area contributed by atoms with Crippen molar-refractivity contribution >= 4 is 17.3 Å². The predicted molar refractivity (Wildman–Crippen MR) is 69.4 cm³/mol. The number of hydrogen-bond donors (Lipinski definition) is 2. The maximum Gasteiger partial charge on any atom is 0.152 e. The van der Waals surface area contributed by atoms with E-state index >= 15 is 0 Å². The second kappa shape index (κ2) is 5.06. The standard InChI is InChI=1S/C13H13ClN2O/c1-9-6-12(13(14)16-7-9)15-8-10-2-4-11(17)5-3-10/h2-7,15,17H,8H2,1H3.